The molecule has 1 atom stereocenters. The standard InChI is InChI=1S/C28H33NO5/c1-17(13-26(30)29-12-8-7-9-18(29)2)21-15-22-23(16-34-28(22)19(3)27(21)33-6)20-10-11-24(31-4)25(14-20)32-5/h10-11,13-16,18H,7-9,12H2,1-6H3/b17-13+. The number of fused-ring (bicyclic) bond motifs is 1. The first-order chi connectivity index (χ1) is 16.4. The van der Waals surface area contributed by atoms with Crippen molar-refractivity contribution in [3.8, 4) is 28.4 Å². The van der Waals surface area contributed by atoms with Crippen molar-refractivity contribution in [2.45, 2.75) is 46.1 Å². The van der Waals surface area contributed by atoms with Crippen LogP contribution >= 0.6 is 0 Å². The number of amides is 1. The molecule has 0 spiro atoms. The third-order valence-corrected chi connectivity index (χ3v) is 6.79. The Bertz CT molecular complexity index is 1240. The molecule has 1 unspecified atom stereocenters. The van der Waals surface area contributed by atoms with E-state index in [1.54, 1.807) is 33.7 Å². The highest BCUT2D eigenvalue weighted by molar-refractivity contribution is 6.02. The van der Waals surface area contributed by atoms with E-state index in [0.29, 0.717) is 17.2 Å². The maximum atomic E-state index is 13.1. The maximum absolute atomic E-state index is 13.1. The van der Waals surface area contributed by atoms with E-state index in [1.165, 1.54) is 6.42 Å². The lowest BCUT2D eigenvalue weighted by Crippen LogP contribution is -2.41. The van der Waals surface area contributed by atoms with Crippen LogP contribution in [0.1, 0.15) is 44.2 Å². The number of carbonyl (C=O) groups excluding carboxylic acids is 1. The molecule has 1 aromatic heterocycles. The first kappa shape index (κ1) is 23.7. The van der Waals surface area contributed by atoms with Gasteiger partial charge in [-0.05, 0) is 69.4 Å². The monoisotopic (exact) mass is 463 g/mol. The lowest BCUT2D eigenvalue weighted by molar-refractivity contribution is -0.129. The molecule has 6 heteroatoms. The molecule has 1 saturated heterocycles. The Labute approximate surface area is 201 Å². The normalized spacial score (nSPS) is 16.6. The van der Waals surface area contributed by atoms with E-state index in [-0.39, 0.29) is 11.9 Å². The van der Waals surface area contributed by atoms with E-state index in [1.807, 2.05) is 36.9 Å². The van der Waals surface area contributed by atoms with Gasteiger partial charge in [0.15, 0.2) is 11.5 Å². The van der Waals surface area contributed by atoms with Gasteiger partial charge in [-0.15, -0.1) is 0 Å². The number of rotatable bonds is 6. The summed E-state index contributed by atoms with van der Waals surface area (Å²) in [5, 5.41) is 0.951. The number of aryl methyl sites for hydroxylation is 1. The number of furan rings is 1. The van der Waals surface area contributed by atoms with Crippen molar-refractivity contribution in [3.63, 3.8) is 0 Å². The number of methoxy groups -OCH3 is 3. The van der Waals surface area contributed by atoms with Crippen LogP contribution in [-0.2, 0) is 4.79 Å². The minimum Gasteiger partial charge on any atom is -0.496 e. The number of carbonyl (C=O) groups is 1. The quantitative estimate of drug-likeness (QED) is 0.405. The SMILES string of the molecule is COc1ccc(-c2coc3c(C)c(OC)c(/C(C)=C/C(=O)N4CCCCC4C)cc23)cc1OC. The Morgan fingerprint density at radius 2 is 1.85 bits per heavy atom. The van der Waals surface area contributed by atoms with E-state index in [0.717, 1.165) is 58.2 Å². The molecule has 0 N–H and O–H groups in total. The third kappa shape index (κ3) is 4.25. The molecule has 1 aliphatic rings. The molecule has 0 bridgehead atoms. The summed E-state index contributed by atoms with van der Waals surface area (Å²) >= 11 is 0. The van der Waals surface area contributed by atoms with Gasteiger partial charge in [0.1, 0.15) is 11.3 Å². The van der Waals surface area contributed by atoms with Crippen LogP contribution in [0.4, 0.5) is 0 Å². The summed E-state index contributed by atoms with van der Waals surface area (Å²) in [6, 6.07) is 8.12. The second-order valence-corrected chi connectivity index (χ2v) is 8.88. The van der Waals surface area contributed by atoms with Crippen LogP contribution in [-0.4, -0.2) is 44.7 Å². The number of ether oxygens (including phenoxy) is 3. The van der Waals surface area contributed by atoms with E-state index in [9.17, 15) is 4.79 Å². The minimum absolute atomic E-state index is 0.0526. The summed E-state index contributed by atoms with van der Waals surface area (Å²) in [5.74, 6) is 2.09. The van der Waals surface area contributed by atoms with E-state index >= 15 is 0 Å². The smallest absolute Gasteiger partial charge is 0.247 e. The van der Waals surface area contributed by atoms with Gasteiger partial charge < -0.3 is 23.5 Å². The molecule has 0 radical (unpaired) electrons. The van der Waals surface area contributed by atoms with E-state index < -0.39 is 0 Å². The molecular weight excluding hydrogens is 430 g/mol. The molecule has 4 rings (SSSR count). The Hall–Kier alpha value is -3.41. The zero-order valence-corrected chi connectivity index (χ0v) is 20.9. The zero-order valence-electron chi connectivity index (χ0n) is 20.9. The van der Waals surface area contributed by atoms with Crippen molar-refractivity contribution >= 4 is 22.4 Å². The second kappa shape index (κ2) is 9.84. The van der Waals surface area contributed by atoms with Crippen LogP contribution in [0.15, 0.2) is 41.0 Å². The maximum Gasteiger partial charge on any atom is 0.247 e. The highest BCUT2D eigenvalue weighted by Crippen LogP contribution is 2.42. The zero-order chi connectivity index (χ0) is 24.4. The molecule has 34 heavy (non-hydrogen) atoms. The van der Waals surface area contributed by atoms with E-state index in [4.69, 9.17) is 18.6 Å². The number of allylic oxidation sites excluding steroid dienone is 1. The van der Waals surface area contributed by atoms with Crippen molar-refractivity contribution in [2.24, 2.45) is 0 Å². The van der Waals surface area contributed by atoms with Crippen LogP contribution in [0.3, 0.4) is 0 Å². The summed E-state index contributed by atoms with van der Waals surface area (Å²) in [7, 11) is 4.89. The Morgan fingerprint density at radius 3 is 2.53 bits per heavy atom. The van der Waals surface area contributed by atoms with Gasteiger partial charge in [-0.3, -0.25) is 4.79 Å². The lowest BCUT2D eigenvalue weighted by atomic mass is 9.96. The van der Waals surface area contributed by atoms with Crippen LogP contribution in [0.5, 0.6) is 17.2 Å². The number of piperidine rings is 1. The molecule has 1 fully saturated rings. The van der Waals surface area contributed by atoms with Crippen LogP contribution in [0.2, 0.25) is 0 Å². The number of hydrogen-bond donors (Lipinski definition) is 0. The Kier molecular flexibility index (Phi) is 6.87. The molecule has 1 amide bonds. The summed E-state index contributed by atoms with van der Waals surface area (Å²) in [4.78, 5) is 15.0. The predicted molar refractivity (Wildman–Crippen MR) is 135 cm³/mol. The Balaban J connectivity index is 1.81. The van der Waals surface area contributed by atoms with Gasteiger partial charge >= 0.3 is 0 Å². The van der Waals surface area contributed by atoms with Crippen LogP contribution in [0.25, 0.3) is 27.7 Å². The summed E-state index contributed by atoms with van der Waals surface area (Å²) in [6.45, 7) is 6.88. The van der Waals surface area contributed by atoms with Crippen LogP contribution in [0, 0.1) is 6.92 Å². The lowest BCUT2D eigenvalue weighted by Gasteiger charge is -2.32. The van der Waals surface area contributed by atoms with Crippen molar-refractivity contribution in [2.75, 3.05) is 27.9 Å². The molecule has 1 aliphatic heterocycles. The van der Waals surface area contributed by atoms with Crippen LogP contribution < -0.4 is 14.2 Å². The number of hydrogen-bond acceptors (Lipinski definition) is 5. The fraction of sp³-hybridized carbons (Fsp3) is 0.393. The summed E-state index contributed by atoms with van der Waals surface area (Å²) < 4.78 is 22.6. The van der Waals surface area contributed by atoms with Gasteiger partial charge in [-0.2, -0.15) is 0 Å². The van der Waals surface area contributed by atoms with Gasteiger partial charge in [0, 0.05) is 40.7 Å². The molecule has 3 aromatic rings. The molecule has 0 aliphatic carbocycles. The minimum atomic E-state index is 0.0526. The predicted octanol–water partition coefficient (Wildman–Crippen LogP) is 6.24. The fourth-order valence-corrected chi connectivity index (χ4v) is 4.87. The van der Waals surface area contributed by atoms with Gasteiger partial charge in [0.25, 0.3) is 0 Å². The van der Waals surface area contributed by atoms with Crippen molar-refractivity contribution in [1.29, 1.82) is 0 Å². The number of benzene rings is 2. The largest absolute Gasteiger partial charge is 0.496 e. The van der Waals surface area contributed by atoms with Crippen molar-refractivity contribution in [1.82, 2.24) is 4.90 Å². The summed E-state index contributed by atoms with van der Waals surface area (Å²) in [5.41, 5.74) is 5.29. The molecule has 2 heterocycles. The van der Waals surface area contributed by atoms with E-state index in [2.05, 4.69) is 13.0 Å². The molecule has 6 nitrogen and oxygen atoms in total. The van der Waals surface area contributed by atoms with Gasteiger partial charge in [0.2, 0.25) is 5.91 Å². The highest BCUT2D eigenvalue weighted by Gasteiger charge is 2.23. The number of nitrogens with zero attached hydrogens (tertiary/aromatic N) is 1. The second-order valence-electron chi connectivity index (χ2n) is 8.88. The average molecular weight is 464 g/mol. The Morgan fingerprint density at radius 1 is 1.09 bits per heavy atom. The first-order valence-electron chi connectivity index (χ1n) is 11.7. The summed E-state index contributed by atoms with van der Waals surface area (Å²) in [6.07, 6.45) is 6.78. The molecule has 0 saturated carbocycles. The van der Waals surface area contributed by atoms with Gasteiger partial charge in [0.05, 0.1) is 27.6 Å². The average Bonchev–Trinajstić information content (AvgIpc) is 3.28. The topological polar surface area (TPSA) is 61.1 Å². The van der Waals surface area contributed by atoms with Gasteiger partial charge in [-0.1, -0.05) is 6.07 Å². The van der Waals surface area contributed by atoms with Gasteiger partial charge in [-0.25, -0.2) is 0 Å². The third-order valence-electron chi connectivity index (χ3n) is 6.79. The molecule has 180 valence electrons. The highest BCUT2D eigenvalue weighted by atomic mass is 16.5. The fourth-order valence-electron chi connectivity index (χ4n) is 4.87. The molecular formula is C28H33NO5. The first-order valence-corrected chi connectivity index (χ1v) is 11.7. The van der Waals surface area contributed by atoms with Crippen molar-refractivity contribution in [3.05, 3.63) is 47.7 Å². The number of likely N-dealkylation sites (tertiary alicyclic amines) is 1. The molecule has 2 aromatic carbocycles. The van der Waals surface area contributed by atoms with Crippen molar-refractivity contribution < 1.29 is 23.4 Å².